The van der Waals surface area contributed by atoms with Crippen molar-refractivity contribution in [2.24, 2.45) is 5.92 Å². The fourth-order valence-corrected chi connectivity index (χ4v) is 1.56. The second-order valence-corrected chi connectivity index (χ2v) is 4.81. The van der Waals surface area contributed by atoms with Crippen molar-refractivity contribution in [3.63, 3.8) is 0 Å². The van der Waals surface area contributed by atoms with Gasteiger partial charge in [-0.25, -0.2) is 8.78 Å². The van der Waals surface area contributed by atoms with Crippen LogP contribution in [0.1, 0.15) is 19.5 Å². The fourth-order valence-electron chi connectivity index (χ4n) is 1.56. The number of nitrogens with one attached hydrogen (secondary N) is 1. The molecule has 4 nitrogen and oxygen atoms in total. The van der Waals surface area contributed by atoms with Gasteiger partial charge in [0.05, 0.1) is 5.69 Å². The van der Waals surface area contributed by atoms with E-state index in [4.69, 9.17) is 9.15 Å². The van der Waals surface area contributed by atoms with Gasteiger partial charge in [0.25, 0.3) is 0 Å². The van der Waals surface area contributed by atoms with Gasteiger partial charge in [-0.3, -0.25) is 0 Å². The third kappa shape index (κ3) is 4.03. The smallest absolute Gasteiger partial charge is 0.399 e. The van der Waals surface area contributed by atoms with E-state index in [0.717, 1.165) is 18.7 Å². The highest BCUT2D eigenvalue weighted by molar-refractivity contribution is 5.26. The standard InChI is InChI=1S/C14H16F2N2O2/c1-9(2)6-17-7-11-8-19-14(18-11)20-13-4-3-10(15)5-12(13)16/h3-5,8-9,17H,6-7H2,1-2H3. The Kier molecular flexibility index (Phi) is 4.68. The minimum absolute atomic E-state index is 0.0724. The average Bonchev–Trinajstić information content (AvgIpc) is 2.80. The molecular formula is C14H16F2N2O2. The van der Waals surface area contributed by atoms with Crippen molar-refractivity contribution >= 4 is 0 Å². The molecule has 0 spiro atoms. The molecular weight excluding hydrogens is 266 g/mol. The molecule has 0 saturated heterocycles. The highest BCUT2D eigenvalue weighted by atomic mass is 19.1. The molecule has 108 valence electrons. The van der Waals surface area contributed by atoms with Gasteiger partial charge < -0.3 is 14.5 Å². The summed E-state index contributed by atoms with van der Waals surface area (Å²) < 4.78 is 36.3. The minimum atomic E-state index is -0.803. The van der Waals surface area contributed by atoms with E-state index in [2.05, 4.69) is 24.1 Å². The molecule has 0 aliphatic carbocycles. The fraction of sp³-hybridized carbons (Fsp3) is 0.357. The Bertz CT molecular complexity index is 570. The molecule has 0 radical (unpaired) electrons. The number of hydrogen-bond acceptors (Lipinski definition) is 4. The molecule has 1 aromatic heterocycles. The van der Waals surface area contributed by atoms with Crippen LogP contribution in [-0.4, -0.2) is 11.5 Å². The van der Waals surface area contributed by atoms with Gasteiger partial charge in [-0.1, -0.05) is 13.8 Å². The lowest BCUT2D eigenvalue weighted by molar-refractivity contribution is 0.317. The monoisotopic (exact) mass is 282 g/mol. The summed E-state index contributed by atoms with van der Waals surface area (Å²) in [6.45, 7) is 5.59. The van der Waals surface area contributed by atoms with Gasteiger partial charge in [0.15, 0.2) is 11.6 Å². The topological polar surface area (TPSA) is 47.3 Å². The van der Waals surface area contributed by atoms with Gasteiger partial charge in [0.2, 0.25) is 0 Å². The highest BCUT2D eigenvalue weighted by Gasteiger charge is 2.10. The van der Waals surface area contributed by atoms with E-state index < -0.39 is 11.6 Å². The Morgan fingerprint density at radius 1 is 1.35 bits per heavy atom. The molecule has 0 atom stereocenters. The summed E-state index contributed by atoms with van der Waals surface area (Å²) in [5.41, 5.74) is 0.656. The predicted molar refractivity (Wildman–Crippen MR) is 69.5 cm³/mol. The van der Waals surface area contributed by atoms with E-state index in [1.54, 1.807) is 0 Å². The zero-order chi connectivity index (χ0) is 14.5. The maximum absolute atomic E-state index is 13.4. The molecule has 1 aromatic carbocycles. The lowest BCUT2D eigenvalue weighted by Gasteiger charge is -2.04. The molecule has 0 fully saturated rings. The summed E-state index contributed by atoms with van der Waals surface area (Å²) in [5, 5.41) is 3.20. The summed E-state index contributed by atoms with van der Waals surface area (Å²) in [7, 11) is 0. The van der Waals surface area contributed by atoms with Crippen molar-refractivity contribution in [2.75, 3.05) is 6.54 Å². The average molecular weight is 282 g/mol. The molecule has 20 heavy (non-hydrogen) atoms. The maximum atomic E-state index is 13.4. The van der Waals surface area contributed by atoms with Crippen LogP contribution in [0.2, 0.25) is 0 Å². The van der Waals surface area contributed by atoms with Crippen LogP contribution in [-0.2, 0) is 6.54 Å². The Morgan fingerprint density at radius 3 is 2.85 bits per heavy atom. The van der Waals surface area contributed by atoms with E-state index in [9.17, 15) is 8.78 Å². The Hall–Kier alpha value is -1.95. The summed E-state index contributed by atoms with van der Waals surface area (Å²) >= 11 is 0. The SMILES string of the molecule is CC(C)CNCc1coc(Oc2ccc(F)cc2F)n1. The highest BCUT2D eigenvalue weighted by Crippen LogP contribution is 2.24. The molecule has 0 unspecified atom stereocenters. The molecule has 2 aromatic rings. The van der Waals surface area contributed by atoms with E-state index in [1.165, 1.54) is 12.3 Å². The second kappa shape index (κ2) is 6.47. The number of oxazole rings is 1. The van der Waals surface area contributed by atoms with Gasteiger partial charge in [-0.05, 0) is 24.6 Å². The number of ether oxygens (including phenoxy) is 1. The van der Waals surface area contributed by atoms with Crippen LogP contribution in [0.5, 0.6) is 11.8 Å². The molecule has 6 heteroatoms. The second-order valence-electron chi connectivity index (χ2n) is 4.81. The summed E-state index contributed by atoms with van der Waals surface area (Å²) in [6.07, 6.45) is 1.36. The predicted octanol–water partition coefficient (Wildman–Crippen LogP) is 3.49. The van der Waals surface area contributed by atoms with E-state index in [-0.39, 0.29) is 11.8 Å². The Balaban J connectivity index is 1.95. The van der Waals surface area contributed by atoms with Crippen LogP contribution in [0.15, 0.2) is 28.9 Å². The van der Waals surface area contributed by atoms with Crippen LogP contribution in [0.4, 0.5) is 8.78 Å². The lowest BCUT2D eigenvalue weighted by Crippen LogP contribution is -2.19. The number of aromatic nitrogens is 1. The van der Waals surface area contributed by atoms with Crippen LogP contribution < -0.4 is 10.1 Å². The van der Waals surface area contributed by atoms with Crippen molar-refractivity contribution in [3.05, 3.63) is 41.8 Å². The van der Waals surface area contributed by atoms with Gasteiger partial charge in [0.1, 0.15) is 12.1 Å². The van der Waals surface area contributed by atoms with Gasteiger partial charge in [-0.15, -0.1) is 0 Å². The number of hydrogen-bond donors (Lipinski definition) is 1. The van der Waals surface area contributed by atoms with Crippen molar-refractivity contribution < 1.29 is 17.9 Å². The van der Waals surface area contributed by atoms with Crippen LogP contribution >= 0.6 is 0 Å². The van der Waals surface area contributed by atoms with E-state index in [0.29, 0.717) is 18.2 Å². The van der Waals surface area contributed by atoms with Crippen LogP contribution in [0.25, 0.3) is 0 Å². The van der Waals surface area contributed by atoms with E-state index >= 15 is 0 Å². The largest absolute Gasteiger partial charge is 0.417 e. The number of benzene rings is 1. The van der Waals surface area contributed by atoms with Crippen molar-refractivity contribution in [1.82, 2.24) is 10.3 Å². The summed E-state index contributed by atoms with van der Waals surface area (Å²) in [4.78, 5) is 4.05. The maximum Gasteiger partial charge on any atom is 0.399 e. The third-order valence-corrected chi connectivity index (χ3v) is 2.48. The quantitative estimate of drug-likeness (QED) is 0.881. The van der Waals surface area contributed by atoms with Crippen molar-refractivity contribution in [2.45, 2.75) is 20.4 Å². The van der Waals surface area contributed by atoms with Crippen molar-refractivity contribution in [3.8, 4) is 11.8 Å². The molecule has 2 rings (SSSR count). The Labute approximate surface area is 115 Å². The van der Waals surface area contributed by atoms with Crippen LogP contribution in [0, 0.1) is 17.6 Å². The van der Waals surface area contributed by atoms with Crippen molar-refractivity contribution in [1.29, 1.82) is 0 Å². The molecule has 1 N–H and O–H groups in total. The number of halogens is 2. The van der Waals surface area contributed by atoms with Gasteiger partial charge >= 0.3 is 6.08 Å². The molecule has 0 saturated carbocycles. The minimum Gasteiger partial charge on any atom is -0.417 e. The number of nitrogens with zero attached hydrogens (tertiary/aromatic N) is 1. The first-order chi connectivity index (χ1) is 9.54. The Morgan fingerprint density at radius 2 is 2.15 bits per heavy atom. The molecule has 0 aliphatic rings. The number of rotatable bonds is 6. The lowest BCUT2D eigenvalue weighted by atomic mass is 10.2. The van der Waals surface area contributed by atoms with Gasteiger partial charge in [-0.2, -0.15) is 4.98 Å². The van der Waals surface area contributed by atoms with Crippen LogP contribution in [0.3, 0.4) is 0 Å². The first-order valence-electron chi connectivity index (χ1n) is 6.32. The molecule has 0 amide bonds. The molecule has 0 aliphatic heterocycles. The molecule has 1 heterocycles. The first kappa shape index (κ1) is 14.5. The summed E-state index contributed by atoms with van der Waals surface area (Å²) in [6, 6.07) is 3.03. The normalized spacial score (nSPS) is 11.1. The van der Waals surface area contributed by atoms with E-state index in [1.807, 2.05) is 0 Å². The zero-order valence-corrected chi connectivity index (χ0v) is 11.3. The van der Waals surface area contributed by atoms with Gasteiger partial charge in [0, 0.05) is 12.6 Å². The first-order valence-corrected chi connectivity index (χ1v) is 6.32. The summed E-state index contributed by atoms with van der Waals surface area (Å²) in [5.74, 6) is -1.07. The third-order valence-electron chi connectivity index (χ3n) is 2.48. The molecule has 0 bridgehead atoms. The zero-order valence-electron chi connectivity index (χ0n) is 11.3.